The lowest BCUT2D eigenvalue weighted by atomic mass is 9.76. The van der Waals surface area contributed by atoms with Gasteiger partial charge in [-0.05, 0) is 42.0 Å². The molecule has 1 unspecified atom stereocenters. The number of rotatable bonds is 2. The van der Waals surface area contributed by atoms with Crippen molar-refractivity contribution >= 4 is 0 Å². The van der Waals surface area contributed by atoms with E-state index in [0.717, 1.165) is 30.4 Å². The standard InChI is InChI=1S/C15H16O2/c16-15(10-12-7-9-17-11-12)8-3-5-13-4-1-2-6-14(13)15/h1-2,4,6-7,9,11,16H,3,5,8,10H2. The van der Waals surface area contributed by atoms with E-state index >= 15 is 0 Å². The van der Waals surface area contributed by atoms with Crippen LogP contribution in [0.3, 0.4) is 0 Å². The summed E-state index contributed by atoms with van der Waals surface area (Å²) in [6.45, 7) is 0. The van der Waals surface area contributed by atoms with Crippen LogP contribution in [0, 0.1) is 0 Å². The summed E-state index contributed by atoms with van der Waals surface area (Å²) in [5.74, 6) is 0. The normalized spacial score (nSPS) is 23.4. The highest BCUT2D eigenvalue weighted by Crippen LogP contribution is 2.37. The van der Waals surface area contributed by atoms with Crippen molar-refractivity contribution in [3.8, 4) is 0 Å². The number of benzene rings is 1. The van der Waals surface area contributed by atoms with E-state index in [1.165, 1.54) is 5.56 Å². The van der Waals surface area contributed by atoms with Gasteiger partial charge in [-0.15, -0.1) is 0 Å². The molecule has 2 aromatic rings. The van der Waals surface area contributed by atoms with Crippen molar-refractivity contribution < 1.29 is 9.52 Å². The fourth-order valence-corrected chi connectivity index (χ4v) is 2.81. The molecule has 0 saturated carbocycles. The minimum Gasteiger partial charge on any atom is -0.472 e. The maximum atomic E-state index is 10.9. The molecule has 1 aromatic carbocycles. The predicted molar refractivity (Wildman–Crippen MR) is 65.7 cm³/mol. The third-order valence-electron chi connectivity index (χ3n) is 3.63. The SMILES string of the molecule is OC1(Cc2ccoc2)CCCc2ccccc21. The second-order valence-electron chi connectivity index (χ2n) is 4.85. The fraction of sp³-hybridized carbons (Fsp3) is 0.333. The van der Waals surface area contributed by atoms with E-state index in [4.69, 9.17) is 4.42 Å². The first-order valence-electron chi connectivity index (χ1n) is 6.10. The van der Waals surface area contributed by atoms with Crippen LogP contribution in [-0.2, 0) is 18.4 Å². The second kappa shape index (κ2) is 4.04. The third-order valence-corrected chi connectivity index (χ3v) is 3.63. The average molecular weight is 228 g/mol. The Morgan fingerprint density at radius 1 is 1.24 bits per heavy atom. The Bertz CT molecular complexity index is 501. The highest BCUT2D eigenvalue weighted by molar-refractivity contribution is 5.36. The van der Waals surface area contributed by atoms with Crippen LogP contribution in [0.2, 0.25) is 0 Å². The fourth-order valence-electron chi connectivity index (χ4n) is 2.81. The Labute approximate surface area is 101 Å². The van der Waals surface area contributed by atoms with E-state index in [9.17, 15) is 5.11 Å². The summed E-state index contributed by atoms with van der Waals surface area (Å²) < 4.78 is 5.08. The summed E-state index contributed by atoms with van der Waals surface area (Å²) in [5, 5.41) is 10.9. The monoisotopic (exact) mass is 228 g/mol. The molecule has 2 nitrogen and oxygen atoms in total. The second-order valence-corrected chi connectivity index (χ2v) is 4.85. The molecule has 17 heavy (non-hydrogen) atoms. The first-order valence-corrected chi connectivity index (χ1v) is 6.10. The quantitative estimate of drug-likeness (QED) is 0.857. The molecule has 1 heterocycles. The number of aliphatic hydroxyl groups is 1. The van der Waals surface area contributed by atoms with E-state index in [1.54, 1.807) is 12.5 Å². The molecule has 1 aliphatic rings. The summed E-state index contributed by atoms with van der Waals surface area (Å²) in [7, 11) is 0. The van der Waals surface area contributed by atoms with Crippen molar-refractivity contribution in [1.29, 1.82) is 0 Å². The molecule has 0 spiro atoms. The molecule has 1 aromatic heterocycles. The Hall–Kier alpha value is -1.54. The first-order chi connectivity index (χ1) is 8.28. The smallest absolute Gasteiger partial charge is 0.0940 e. The zero-order chi connectivity index (χ0) is 11.7. The maximum absolute atomic E-state index is 10.9. The molecule has 3 rings (SSSR count). The Morgan fingerprint density at radius 2 is 2.12 bits per heavy atom. The molecular formula is C15H16O2. The van der Waals surface area contributed by atoms with Gasteiger partial charge in [0.1, 0.15) is 0 Å². The van der Waals surface area contributed by atoms with Crippen molar-refractivity contribution in [3.63, 3.8) is 0 Å². The van der Waals surface area contributed by atoms with Crippen molar-refractivity contribution in [3.05, 3.63) is 59.5 Å². The maximum Gasteiger partial charge on any atom is 0.0940 e. The molecule has 1 N–H and O–H groups in total. The lowest BCUT2D eigenvalue weighted by Crippen LogP contribution is -2.32. The number of fused-ring (bicyclic) bond motifs is 1. The molecule has 0 saturated heterocycles. The minimum atomic E-state index is -0.723. The summed E-state index contributed by atoms with van der Waals surface area (Å²) in [6.07, 6.45) is 6.97. The van der Waals surface area contributed by atoms with E-state index in [2.05, 4.69) is 12.1 Å². The van der Waals surface area contributed by atoms with Crippen LogP contribution in [0.25, 0.3) is 0 Å². The van der Waals surface area contributed by atoms with Crippen molar-refractivity contribution in [1.82, 2.24) is 0 Å². The zero-order valence-electron chi connectivity index (χ0n) is 9.73. The van der Waals surface area contributed by atoms with Crippen LogP contribution in [0.15, 0.2) is 47.3 Å². The van der Waals surface area contributed by atoms with Crippen LogP contribution in [0.5, 0.6) is 0 Å². The van der Waals surface area contributed by atoms with Gasteiger partial charge >= 0.3 is 0 Å². The zero-order valence-corrected chi connectivity index (χ0v) is 9.73. The number of hydrogen-bond acceptors (Lipinski definition) is 2. The molecule has 0 fully saturated rings. The van der Waals surface area contributed by atoms with Crippen LogP contribution < -0.4 is 0 Å². The molecule has 0 amide bonds. The highest BCUT2D eigenvalue weighted by Gasteiger charge is 2.34. The van der Waals surface area contributed by atoms with Crippen LogP contribution in [0.4, 0.5) is 0 Å². The van der Waals surface area contributed by atoms with Gasteiger partial charge < -0.3 is 9.52 Å². The molecule has 2 heteroatoms. The lowest BCUT2D eigenvalue weighted by molar-refractivity contribution is 0.0189. The summed E-state index contributed by atoms with van der Waals surface area (Å²) in [4.78, 5) is 0. The van der Waals surface area contributed by atoms with E-state index in [-0.39, 0.29) is 0 Å². The van der Waals surface area contributed by atoms with Gasteiger partial charge in [0.25, 0.3) is 0 Å². The molecule has 1 aliphatic carbocycles. The number of furan rings is 1. The minimum absolute atomic E-state index is 0.639. The van der Waals surface area contributed by atoms with E-state index in [0.29, 0.717) is 6.42 Å². The number of aryl methyl sites for hydroxylation is 1. The van der Waals surface area contributed by atoms with Gasteiger partial charge in [-0.25, -0.2) is 0 Å². The number of hydrogen-bond donors (Lipinski definition) is 1. The van der Waals surface area contributed by atoms with Crippen molar-refractivity contribution in [2.45, 2.75) is 31.3 Å². The Kier molecular flexibility index (Phi) is 2.52. The Balaban J connectivity index is 1.98. The molecule has 88 valence electrons. The summed E-state index contributed by atoms with van der Waals surface area (Å²) >= 11 is 0. The van der Waals surface area contributed by atoms with Gasteiger partial charge in [0, 0.05) is 6.42 Å². The third kappa shape index (κ3) is 1.89. The van der Waals surface area contributed by atoms with Crippen molar-refractivity contribution in [2.24, 2.45) is 0 Å². The first kappa shape index (κ1) is 10.6. The topological polar surface area (TPSA) is 33.4 Å². The molecular weight excluding hydrogens is 212 g/mol. The molecule has 1 atom stereocenters. The predicted octanol–water partition coefficient (Wildman–Crippen LogP) is 3.05. The van der Waals surface area contributed by atoms with Gasteiger partial charge in [0.2, 0.25) is 0 Å². The van der Waals surface area contributed by atoms with Crippen molar-refractivity contribution in [2.75, 3.05) is 0 Å². The molecule has 0 radical (unpaired) electrons. The average Bonchev–Trinajstić information content (AvgIpc) is 2.82. The molecule has 0 aliphatic heterocycles. The summed E-state index contributed by atoms with van der Waals surface area (Å²) in [5.41, 5.74) is 2.71. The summed E-state index contributed by atoms with van der Waals surface area (Å²) in [6, 6.07) is 10.1. The highest BCUT2D eigenvalue weighted by atomic mass is 16.3. The van der Waals surface area contributed by atoms with Gasteiger partial charge in [0.15, 0.2) is 0 Å². The Morgan fingerprint density at radius 3 is 2.94 bits per heavy atom. The van der Waals surface area contributed by atoms with Gasteiger partial charge in [-0.3, -0.25) is 0 Å². The van der Waals surface area contributed by atoms with Gasteiger partial charge in [-0.2, -0.15) is 0 Å². The molecule has 0 bridgehead atoms. The van der Waals surface area contributed by atoms with E-state index in [1.807, 2.05) is 18.2 Å². The van der Waals surface area contributed by atoms with E-state index < -0.39 is 5.60 Å². The largest absolute Gasteiger partial charge is 0.472 e. The van der Waals surface area contributed by atoms with Crippen LogP contribution in [0.1, 0.15) is 29.5 Å². The van der Waals surface area contributed by atoms with Crippen LogP contribution in [-0.4, -0.2) is 5.11 Å². The lowest BCUT2D eigenvalue weighted by Gasteiger charge is -2.34. The van der Waals surface area contributed by atoms with Gasteiger partial charge in [0.05, 0.1) is 18.1 Å². The van der Waals surface area contributed by atoms with Crippen LogP contribution >= 0.6 is 0 Å². The van der Waals surface area contributed by atoms with Gasteiger partial charge in [-0.1, -0.05) is 24.3 Å².